The third-order valence-electron chi connectivity index (χ3n) is 7.70. The van der Waals surface area contributed by atoms with Crippen LogP contribution in [0, 0.1) is 0 Å². The molecule has 44 heavy (non-hydrogen) atoms. The van der Waals surface area contributed by atoms with E-state index in [9.17, 15) is 0 Å². The van der Waals surface area contributed by atoms with Crippen molar-refractivity contribution in [2.24, 2.45) is 0 Å². The minimum absolute atomic E-state index is 0.0509. The van der Waals surface area contributed by atoms with Gasteiger partial charge in [-0.25, -0.2) is 15.0 Å². The van der Waals surface area contributed by atoms with Crippen LogP contribution in [0.4, 0.5) is 0 Å². The van der Waals surface area contributed by atoms with E-state index in [1.165, 1.54) is 0 Å². The van der Waals surface area contributed by atoms with Gasteiger partial charge in [0.2, 0.25) is 0 Å². The van der Waals surface area contributed by atoms with Crippen molar-refractivity contribution in [2.75, 3.05) is 0 Å². The molecule has 4 nitrogen and oxygen atoms in total. The second-order valence-corrected chi connectivity index (χ2v) is 11.4. The molecule has 3 aromatic heterocycles. The van der Waals surface area contributed by atoms with Gasteiger partial charge >= 0.3 is 0 Å². The van der Waals surface area contributed by atoms with Crippen molar-refractivity contribution in [3.63, 3.8) is 0 Å². The minimum atomic E-state index is -0.469. The fourth-order valence-corrected chi connectivity index (χ4v) is 6.79. The number of fused-ring (bicyclic) bond motifs is 6. The van der Waals surface area contributed by atoms with Gasteiger partial charge in [-0.05, 0) is 36.4 Å². The van der Waals surface area contributed by atoms with Crippen LogP contribution in [0.25, 0.3) is 81.8 Å². The maximum Gasteiger partial charge on any atom is 0.164 e. The molecule has 0 fully saturated rings. The molecule has 0 saturated carbocycles. The summed E-state index contributed by atoms with van der Waals surface area (Å²) in [5.41, 5.74) is 3.24. The Kier molecular flexibility index (Phi) is 4.10. The number of benzene rings is 6. The molecule has 3 heterocycles. The van der Waals surface area contributed by atoms with Crippen LogP contribution in [0.3, 0.4) is 0 Å². The van der Waals surface area contributed by atoms with Gasteiger partial charge in [-0.3, -0.25) is 0 Å². The lowest BCUT2D eigenvalue weighted by atomic mass is 10.1. The Hall–Kier alpha value is -5.65. The molecule has 6 aromatic carbocycles. The second-order valence-electron chi connectivity index (χ2n) is 10.3. The van der Waals surface area contributed by atoms with Gasteiger partial charge in [0.1, 0.15) is 0 Å². The molecular weight excluding hydrogens is 557 g/mol. The Morgan fingerprint density at radius 1 is 0.477 bits per heavy atom. The van der Waals surface area contributed by atoms with Crippen LogP contribution >= 0.6 is 11.3 Å². The zero-order chi connectivity index (χ0) is 36.0. The Labute approximate surface area is 268 Å². The number of hydrogen-bond acceptors (Lipinski definition) is 4. The number of rotatable bonds is 4. The number of para-hydroxylation sites is 2. The lowest BCUT2D eigenvalue weighted by Crippen LogP contribution is -1.99. The quantitative estimate of drug-likeness (QED) is 0.205. The van der Waals surface area contributed by atoms with Gasteiger partial charge in [-0.2, -0.15) is 0 Å². The normalized spacial score (nSPS) is 14.2. The highest BCUT2D eigenvalue weighted by atomic mass is 32.1. The molecule has 0 atom stereocenters. The van der Waals surface area contributed by atoms with E-state index in [0.29, 0.717) is 23.2 Å². The molecule has 9 rings (SSSR count). The van der Waals surface area contributed by atoms with Crippen molar-refractivity contribution >= 4 is 53.3 Å². The molecule has 0 aliphatic carbocycles. The molecule has 0 saturated heterocycles. The van der Waals surface area contributed by atoms with Crippen LogP contribution in [0.15, 0.2) is 145 Å². The molecule has 206 valence electrons. The largest absolute Gasteiger partial charge is 0.309 e. The van der Waals surface area contributed by atoms with Crippen LogP contribution in [0.1, 0.15) is 11.0 Å². The summed E-state index contributed by atoms with van der Waals surface area (Å²) in [7, 11) is 0. The third-order valence-corrected chi connectivity index (χ3v) is 8.84. The summed E-state index contributed by atoms with van der Waals surface area (Å²) in [5, 5.41) is 1.92. The average molecular weight is 589 g/mol. The number of hydrogen-bond donors (Lipinski definition) is 0. The van der Waals surface area contributed by atoms with Crippen molar-refractivity contribution in [3.05, 3.63) is 145 Å². The van der Waals surface area contributed by atoms with Crippen LogP contribution < -0.4 is 0 Å². The summed E-state index contributed by atoms with van der Waals surface area (Å²) < 4.78 is 72.2. The highest BCUT2D eigenvalue weighted by molar-refractivity contribution is 7.25. The molecule has 0 radical (unpaired) electrons. The van der Waals surface area contributed by atoms with E-state index in [0.717, 1.165) is 36.9 Å². The maximum atomic E-state index is 8.86. The number of aromatic nitrogens is 4. The predicted molar refractivity (Wildman–Crippen MR) is 183 cm³/mol. The first-order chi connectivity index (χ1) is 25.1. The van der Waals surface area contributed by atoms with E-state index in [-0.39, 0.29) is 46.0 Å². The highest BCUT2D eigenvalue weighted by Gasteiger charge is 2.16. The summed E-state index contributed by atoms with van der Waals surface area (Å²) in [6.45, 7) is 0. The molecule has 0 N–H and O–H groups in total. The first-order valence-corrected chi connectivity index (χ1v) is 14.8. The summed E-state index contributed by atoms with van der Waals surface area (Å²) in [4.78, 5) is 14.6. The van der Waals surface area contributed by atoms with Crippen molar-refractivity contribution in [1.82, 2.24) is 19.5 Å². The lowest BCUT2D eigenvalue weighted by molar-refractivity contribution is 1.07. The molecule has 0 aliphatic heterocycles. The summed E-state index contributed by atoms with van der Waals surface area (Å²) >= 11 is 1.58. The van der Waals surface area contributed by atoms with E-state index >= 15 is 0 Å². The maximum absolute atomic E-state index is 8.86. The fraction of sp³-hybridized carbons (Fsp3) is 0. The molecule has 0 bridgehead atoms. The predicted octanol–water partition coefficient (Wildman–Crippen LogP) is 10.3. The van der Waals surface area contributed by atoms with E-state index in [1.807, 2.05) is 97.1 Å². The van der Waals surface area contributed by atoms with Gasteiger partial charge in [0.15, 0.2) is 17.5 Å². The van der Waals surface area contributed by atoms with E-state index in [2.05, 4.69) is 0 Å². The molecule has 0 spiro atoms. The van der Waals surface area contributed by atoms with Gasteiger partial charge in [-0.15, -0.1) is 11.3 Å². The summed E-state index contributed by atoms with van der Waals surface area (Å²) in [6, 6.07) is 28.0. The van der Waals surface area contributed by atoms with E-state index in [4.69, 9.17) is 25.9 Å². The minimum Gasteiger partial charge on any atom is -0.309 e. The highest BCUT2D eigenvalue weighted by Crippen LogP contribution is 2.39. The molecule has 0 aliphatic rings. The molecule has 9 aromatic rings. The second kappa shape index (κ2) is 9.97. The first-order valence-electron chi connectivity index (χ1n) is 18.0. The van der Waals surface area contributed by atoms with E-state index < -0.39 is 24.2 Å². The Morgan fingerprint density at radius 3 is 1.66 bits per heavy atom. The van der Waals surface area contributed by atoms with Crippen molar-refractivity contribution < 1.29 is 11.0 Å². The average Bonchev–Trinajstić information content (AvgIpc) is 3.74. The SMILES string of the molecule is [2H]c1c([2H])c([2H])c2c(c1[2H])c1c([2H])c([2H])c([2H])c([2H])c1n2-c1ccc2sc3cc(-c4nc(-c5ccccc5)nc(-c5ccccc5)n4)ccc3c2c1. The van der Waals surface area contributed by atoms with Gasteiger partial charge in [0.05, 0.1) is 22.0 Å². The van der Waals surface area contributed by atoms with E-state index in [1.54, 1.807) is 15.9 Å². The van der Waals surface area contributed by atoms with Gasteiger partial charge in [0, 0.05) is 53.3 Å². The molecular formula is C39H24N4S. The monoisotopic (exact) mass is 588 g/mol. The molecule has 0 unspecified atom stereocenters. The summed E-state index contributed by atoms with van der Waals surface area (Å²) in [5.74, 6) is 1.65. The fourth-order valence-electron chi connectivity index (χ4n) is 5.66. The first kappa shape index (κ1) is 18.1. The van der Waals surface area contributed by atoms with Crippen molar-refractivity contribution in [3.8, 4) is 39.9 Å². The Morgan fingerprint density at radius 2 is 1.05 bits per heavy atom. The Balaban J connectivity index is 1.26. The lowest BCUT2D eigenvalue weighted by Gasteiger charge is -2.09. The summed E-state index contributed by atoms with van der Waals surface area (Å²) in [6.07, 6.45) is 0. The van der Waals surface area contributed by atoms with Crippen LogP contribution in [0.5, 0.6) is 0 Å². The zero-order valence-corrected chi connectivity index (χ0v) is 23.8. The standard InChI is InChI=1S/C39H24N4S/c1-3-11-25(12-4-1)37-40-38(26-13-5-2-6-14-26)42-39(41-37)27-19-21-31-32-24-28(20-22-35(32)44-36(31)23-27)43-33-17-9-7-15-29(33)30-16-8-10-18-34(30)43/h1-24H/i7D,8D,9D,10D,15D,16D,17D,18D. The number of nitrogens with zero attached hydrogens (tertiary/aromatic N) is 4. The van der Waals surface area contributed by atoms with Gasteiger partial charge in [0.25, 0.3) is 0 Å². The van der Waals surface area contributed by atoms with Crippen molar-refractivity contribution in [2.45, 2.75) is 0 Å². The smallest absolute Gasteiger partial charge is 0.164 e. The van der Waals surface area contributed by atoms with Crippen molar-refractivity contribution in [1.29, 1.82) is 0 Å². The Bertz CT molecular complexity index is 2810. The number of thiophene rings is 1. The van der Waals surface area contributed by atoms with Gasteiger partial charge < -0.3 is 4.57 Å². The zero-order valence-electron chi connectivity index (χ0n) is 30.9. The van der Waals surface area contributed by atoms with Crippen LogP contribution in [0.2, 0.25) is 0 Å². The van der Waals surface area contributed by atoms with Crippen LogP contribution in [-0.4, -0.2) is 19.5 Å². The van der Waals surface area contributed by atoms with Crippen LogP contribution in [-0.2, 0) is 0 Å². The topological polar surface area (TPSA) is 43.6 Å². The molecule has 5 heteroatoms. The van der Waals surface area contributed by atoms with Gasteiger partial charge in [-0.1, -0.05) is 109 Å². The molecule has 0 amide bonds. The third kappa shape index (κ3) is 4.02.